The standard InChI is InChI=1S/C8H3ClF5NO2/c9-5-2-4(8(12,13)14)3(7(10)11)1-6(5)15(16)17/h1-2,7H. The summed E-state index contributed by atoms with van der Waals surface area (Å²) in [5.41, 5.74) is -4.13. The largest absolute Gasteiger partial charge is 0.416 e. The molecule has 17 heavy (non-hydrogen) atoms. The van der Waals surface area contributed by atoms with E-state index in [-0.39, 0.29) is 12.1 Å². The second kappa shape index (κ2) is 4.44. The minimum atomic E-state index is -5.05. The fourth-order valence-corrected chi connectivity index (χ4v) is 1.38. The quantitative estimate of drug-likeness (QED) is 0.461. The summed E-state index contributed by atoms with van der Waals surface area (Å²) in [5.74, 6) is 0. The van der Waals surface area contributed by atoms with E-state index in [0.29, 0.717) is 0 Å². The lowest BCUT2D eigenvalue weighted by atomic mass is 10.1. The van der Waals surface area contributed by atoms with Gasteiger partial charge in [0.15, 0.2) is 0 Å². The highest BCUT2D eigenvalue weighted by Crippen LogP contribution is 2.41. The SMILES string of the molecule is O=[N+]([O-])c1cc(C(F)F)c(C(F)(F)F)cc1Cl. The van der Waals surface area contributed by atoms with E-state index >= 15 is 0 Å². The number of hydrogen-bond acceptors (Lipinski definition) is 2. The van der Waals surface area contributed by atoms with Gasteiger partial charge >= 0.3 is 6.18 Å². The Balaban J connectivity index is 3.53. The van der Waals surface area contributed by atoms with Gasteiger partial charge in [-0.15, -0.1) is 0 Å². The minimum absolute atomic E-state index is 0.126. The predicted octanol–water partition coefficient (Wildman–Crippen LogP) is 4.20. The summed E-state index contributed by atoms with van der Waals surface area (Å²) >= 11 is 5.22. The van der Waals surface area contributed by atoms with E-state index < -0.39 is 39.4 Å². The van der Waals surface area contributed by atoms with Crippen LogP contribution in [0.5, 0.6) is 0 Å². The Morgan fingerprint density at radius 1 is 1.29 bits per heavy atom. The van der Waals surface area contributed by atoms with Gasteiger partial charge < -0.3 is 0 Å². The Labute approximate surface area is 95.9 Å². The zero-order chi connectivity index (χ0) is 13.4. The summed E-state index contributed by atoms with van der Waals surface area (Å²) in [6.07, 6.45) is -8.53. The first-order valence-corrected chi connectivity index (χ1v) is 4.35. The molecule has 3 nitrogen and oxygen atoms in total. The third-order valence-corrected chi connectivity index (χ3v) is 2.16. The molecule has 0 aromatic heterocycles. The van der Waals surface area contributed by atoms with Crippen LogP contribution in [0.3, 0.4) is 0 Å². The van der Waals surface area contributed by atoms with Gasteiger partial charge in [-0.25, -0.2) is 8.78 Å². The molecule has 0 amide bonds. The molecule has 0 saturated carbocycles. The predicted molar refractivity (Wildman–Crippen MR) is 48.1 cm³/mol. The summed E-state index contributed by atoms with van der Waals surface area (Å²) in [6, 6.07) is 0.261. The summed E-state index contributed by atoms with van der Waals surface area (Å²) < 4.78 is 61.8. The van der Waals surface area contributed by atoms with E-state index in [1.165, 1.54) is 0 Å². The zero-order valence-electron chi connectivity index (χ0n) is 7.76. The molecule has 0 N–H and O–H groups in total. The number of nitro groups is 1. The molecular weight excluding hydrogens is 273 g/mol. The van der Waals surface area contributed by atoms with Crippen molar-refractivity contribution in [2.75, 3.05) is 0 Å². The van der Waals surface area contributed by atoms with Crippen molar-refractivity contribution in [3.63, 3.8) is 0 Å². The Bertz CT molecular complexity index is 460. The molecule has 0 aliphatic heterocycles. The number of alkyl halides is 5. The number of benzene rings is 1. The minimum Gasteiger partial charge on any atom is -0.258 e. The summed E-state index contributed by atoms with van der Waals surface area (Å²) in [5, 5.41) is 9.51. The first-order valence-electron chi connectivity index (χ1n) is 3.97. The van der Waals surface area contributed by atoms with E-state index in [9.17, 15) is 32.1 Å². The molecular formula is C8H3ClF5NO2. The van der Waals surface area contributed by atoms with Crippen molar-refractivity contribution in [2.45, 2.75) is 12.6 Å². The number of halogens is 6. The highest BCUT2D eigenvalue weighted by Gasteiger charge is 2.37. The lowest BCUT2D eigenvalue weighted by molar-refractivity contribution is -0.384. The molecule has 1 rings (SSSR count). The topological polar surface area (TPSA) is 43.1 Å². The van der Waals surface area contributed by atoms with Crippen LogP contribution in [-0.2, 0) is 6.18 Å². The van der Waals surface area contributed by atoms with Gasteiger partial charge in [-0.3, -0.25) is 10.1 Å². The highest BCUT2D eigenvalue weighted by molar-refractivity contribution is 6.32. The molecule has 0 radical (unpaired) electrons. The van der Waals surface area contributed by atoms with Crippen LogP contribution in [0.15, 0.2) is 12.1 Å². The zero-order valence-corrected chi connectivity index (χ0v) is 8.52. The fraction of sp³-hybridized carbons (Fsp3) is 0.250. The normalized spacial score (nSPS) is 11.9. The average molecular weight is 276 g/mol. The lowest BCUT2D eigenvalue weighted by Crippen LogP contribution is -2.10. The van der Waals surface area contributed by atoms with E-state index in [0.717, 1.165) is 0 Å². The van der Waals surface area contributed by atoms with Crippen LogP contribution in [0.2, 0.25) is 5.02 Å². The van der Waals surface area contributed by atoms with Gasteiger partial charge in [0.2, 0.25) is 0 Å². The summed E-state index contributed by atoms with van der Waals surface area (Å²) in [6.45, 7) is 0. The van der Waals surface area contributed by atoms with Crippen LogP contribution >= 0.6 is 11.6 Å². The molecule has 0 fully saturated rings. The Morgan fingerprint density at radius 2 is 1.82 bits per heavy atom. The van der Waals surface area contributed by atoms with Gasteiger partial charge in [-0.1, -0.05) is 11.6 Å². The maximum atomic E-state index is 12.4. The van der Waals surface area contributed by atoms with Crippen molar-refractivity contribution in [3.05, 3.63) is 38.4 Å². The second-order valence-corrected chi connectivity index (χ2v) is 3.35. The lowest BCUT2D eigenvalue weighted by Gasteiger charge is -2.12. The molecule has 94 valence electrons. The van der Waals surface area contributed by atoms with Crippen LogP contribution in [0.25, 0.3) is 0 Å². The molecule has 0 heterocycles. The van der Waals surface area contributed by atoms with Gasteiger partial charge in [-0.2, -0.15) is 13.2 Å². The first-order chi connectivity index (χ1) is 7.64. The molecule has 0 bridgehead atoms. The van der Waals surface area contributed by atoms with Crippen LogP contribution in [0, 0.1) is 10.1 Å². The van der Waals surface area contributed by atoms with Crippen molar-refractivity contribution < 1.29 is 26.9 Å². The second-order valence-electron chi connectivity index (χ2n) is 2.95. The maximum absolute atomic E-state index is 12.4. The number of hydrogen-bond donors (Lipinski definition) is 0. The number of nitrogens with zero attached hydrogens (tertiary/aromatic N) is 1. The fourth-order valence-electron chi connectivity index (χ4n) is 1.14. The molecule has 0 saturated heterocycles. The van der Waals surface area contributed by atoms with Gasteiger partial charge in [0.25, 0.3) is 12.1 Å². The van der Waals surface area contributed by atoms with Crippen molar-refractivity contribution in [1.82, 2.24) is 0 Å². The Hall–Kier alpha value is -1.44. The molecule has 9 heteroatoms. The van der Waals surface area contributed by atoms with Crippen molar-refractivity contribution in [1.29, 1.82) is 0 Å². The van der Waals surface area contributed by atoms with Gasteiger partial charge in [-0.05, 0) is 6.07 Å². The third-order valence-electron chi connectivity index (χ3n) is 1.86. The van der Waals surface area contributed by atoms with E-state index in [4.69, 9.17) is 11.6 Å². The number of rotatable bonds is 2. The van der Waals surface area contributed by atoms with Crippen molar-refractivity contribution in [3.8, 4) is 0 Å². The molecule has 1 aromatic rings. The Kier molecular flexibility index (Phi) is 3.56. The monoisotopic (exact) mass is 275 g/mol. The molecule has 1 aromatic carbocycles. The van der Waals surface area contributed by atoms with Gasteiger partial charge in [0.1, 0.15) is 5.02 Å². The first kappa shape index (κ1) is 13.6. The third kappa shape index (κ3) is 2.82. The summed E-state index contributed by atoms with van der Waals surface area (Å²) in [7, 11) is 0. The smallest absolute Gasteiger partial charge is 0.258 e. The Morgan fingerprint density at radius 3 is 2.18 bits per heavy atom. The van der Waals surface area contributed by atoms with E-state index in [1.807, 2.05) is 0 Å². The molecule has 0 aliphatic carbocycles. The maximum Gasteiger partial charge on any atom is 0.416 e. The highest BCUT2D eigenvalue weighted by atomic mass is 35.5. The average Bonchev–Trinajstić information content (AvgIpc) is 2.14. The molecule has 0 atom stereocenters. The number of nitro benzene ring substituents is 1. The summed E-state index contributed by atoms with van der Waals surface area (Å²) in [4.78, 5) is 9.22. The molecule has 0 spiro atoms. The van der Waals surface area contributed by atoms with Crippen LogP contribution in [0.4, 0.5) is 27.6 Å². The van der Waals surface area contributed by atoms with Crippen molar-refractivity contribution in [2.24, 2.45) is 0 Å². The van der Waals surface area contributed by atoms with Gasteiger partial charge in [0.05, 0.1) is 10.5 Å². The van der Waals surface area contributed by atoms with Crippen molar-refractivity contribution >= 4 is 17.3 Å². The van der Waals surface area contributed by atoms with Crippen LogP contribution in [-0.4, -0.2) is 4.92 Å². The van der Waals surface area contributed by atoms with Crippen LogP contribution < -0.4 is 0 Å². The van der Waals surface area contributed by atoms with Crippen LogP contribution in [0.1, 0.15) is 17.6 Å². The van der Waals surface area contributed by atoms with E-state index in [2.05, 4.69) is 0 Å². The van der Waals surface area contributed by atoms with E-state index in [1.54, 1.807) is 0 Å². The molecule has 0 unspecified atom stereocenters. The van der Waals surface area contributed by atoms with Gasteiger partial charge in [0, 0.05) is 11.6 Å². The molecule has 0 aliphatic rings.